The van der Waals surface area contributed by atoms with Crippen LogP contribution in [0.4, 0.5) is 17.3 Å². The molecule has 2 aliphatic heterocycles. The van der Waals surface area contributed by atoms with E-state index in [-0.39, 0.29) is 32.1 Å². The molecule has 2 aliphatic rings. The highest BCUT2D eigenvalue weighted by molar-refractivity contribution is 7.99. The maximum Gasteiger partial charge on any atom is 0.280 e. The first-order valence-electron chi connectivity index (χ1n) is 12.2. The minimum absolute atomic E-state index is 0.0564. The summed E-state index contributed by atoms with van der Waals surface area (Å²) in [6, 6.07) is 7.66. The minimum Gasteiger partial charge on any atom is -0.386 e. The molecule has 2 fully saturated rings. The summed E-state index contributed by atoms with van der Waals surface area (Å²) in [5.41, 5.74) is 7.46. The maximum atomic E-state index is 12.5. The second-order valence-corrected chi connectivity index (χ2v) is 11.0. The number of aromatic nitrogens is 4. The Hall–Kier alpha value is -2.74. The fourth-order valence-corrected chi connectivity index (χ4v) is 6.07. The molecule has 2 saturated heterocycles. The van der Waals surface area contributed by atoms with Crippen molar-refractivity contribution in [2.75, 3.05) is 42.4 Å². The lowest BCUT2D eigenvalue weighted by atomic mass is 10.1. The Labute approximate surface area is 224 Å². The number of aliphatic hydroxyl groups excluding tert-OH is 1. The van der Waals surface area contributed by atoms with Crippen molar-refractivity contribution >= 4 is 55.2 Å². The maximum absolute atomic E-state index is 12.5. The number of fused-ring (bicyclic) bond motifs is 2. The van der Waals surface area contributed by atoms with Crippen molar-refractivity contribution in [3.8, 4) is 0 Å². The number of H-pyrrole nitrogens is 1. The van der Waals surface area contributed by atoms with Gasteiger partial charge in [0.05, 0.1) is 6.61 Å². The third-order valence-electron chi connectivity index (χ3n) is 6.29. The lowest BCUT2D eigenvalue weighted by Gasteiger charge is -2.24. The Morgan fingerprint density at radius 3 is 2.84 bits per heavy atom. The summed E-state index contributed by atoms with van der Waals surface area (Å²) in [5, 5.41) is 14.3. The number of amides is 1. The van der Waals surface area contributed by atoms with Gasteiger partial charge < -0.3 is 34.8 Å². The van der Waals surface area contributed by atoms with Crippen LogP contribution in [0.1, 0.15) is 25.5 Å². The summed E-state index contributed by atoms with van der Waals surface area (Å²) in [7, 11) is 3.75. The molecule has 5 unspecified atom stereocenters. The van der Waals surface area contributed by atoms with Gasteiger partial charge in [-0.3, -0.25) is 19.1 Å². The van der Waals surface area contributed by atoms with Crippen molar-refractivity contribution in [1.29, 1.82) is 0 Å². The Morgan fingerprint density at radius 2 is 2.11 bits per heavy atom. The number of anilines is 3. The Balaban J connectivity index is 1.22. The zero-order chi connectivity index (χ0) is 26.8. The Morgan fingerprint density at radius 1 is 1.32 bits per heavy atom. The molecule has 0 aliphatic carbocycles. The molecule has 2 aromatic heterocycles. The number of hydrogen-bond acceptors (Lipinski definition) is 11. The molecule has 0 spiro atoms. The van der Waals surface area contributed by atoms with Crippen LogP contribution < -0.4 is 21.5 Å². The SMILES string of the molecule is CN(C)c1ccc(NC(=O)CCCCSc2nc3c(=O)[nH]c(N)nc3n2C2OC3COPOC3C2O)cc1. The molecule has 204 valence electrons. The van der Waals surface area contributed by atoms with E-state index in [0.717, 1.165) is 17.8 Å². The number of carbonyl (C=O) groups excluding carboxylic acids is 1. The van der Waals surface area contributed by atoms with E-state index in [4.69, 9.17) is 19.5 Å². The van der Waals surface area contributed by atoms with Gasteiger partial charge in [0.15, 0.2) is 31.6 Å². The van der Waals surface area contributed by atoms with E-state index in [0.29, 0.717) is 30.4 Å². The van der Waals surface area contributed by atoms with E-state index in [2.05, 4.69) is 20.3 Å². The summed E-state index contributed by atoms with van der Waals surface area (Å²) in [4.78, 5) is 38.1. The number of carbonyl (C=O) groups is 1. The average Bonchev–Trinajstić information content (AvgIpc) is 3.41. The van der Waals surface area contributed by atoms with Gasteiger partial charge >= 0.3 is 0 Å². The molecule has 5 N–H and O–H groups in total. The molecule has 38 heavy (non-hydrogen) atoms. The number of nitrogen functional groups attached to an aromatic ring is 1. The molecular weight excluding hydrogens is 533 g/mol. The van der Waals surface area contributed by atoms with Gasteiger partial charge in [-0.1, -0.05) is 11.8 Å². The summed E-state index contributed by atoms with van der Waals surface area (Å²) in [6.07, 6.45) is -1.13. The molecule has 15 heteroatoms. The van der Waals surface area contributed by atoms with Gasteiger partial charge in [0, 0.05) is 37.6 Å². The summed E-state index contributed by atoms with van der Waals surface area (Å²) in [6.45, 7) is 0.295. The van der Waals surface area contributed by atoms with Gasteiger partial charge in [-0.15, -0.1) is 0 Å². The third-order valence-corrected chi connectivity index (χ3v) is 7.98. The van der Waals surface area contributed by atoms with Crippen LogP contribution in [-0.2, 0) is 18.6 Å². The highest BCUT2D eigenvalue weighted by Crippen LogP contribution is 2.41. The number of unbranched alkanes of at least 4 members (excludes halogenated alkanes) is 1. The molecule has 1 aromatic carbocycles. The molecule has 0 bridgehead atoms. The van der Waals surface area contributed by atoms with Crippen molar-refractivity contribution in [2.45, 2.75) is 49.0 Å². The summed E-state index contributed by atoms with van der Waals surface area (Å²) < 4.78 is 18.6. The fraction of sp³-hybridized carbons (Fsp3) is 0.478. The number of imidazole rings is 1. The highest BCUT2D eigenvalue weighted by Gasteiger charge is 2.48. The number of hydrogen-bond donors (Lipinski definition) is 4. The van der Waals surface area contributed by atoms with Crippen LogP contribution in [0.5, 0.6) is 0 Å². The smallest absolute Gasteiger partial charge is 0.280 e. The molecule has 4 heterocycles. The van der Waals surface area contributed by atoms with Crippen molar-refractivity contribution in [2.24, 2.45) is 0 Å². The van der Waals surface area contributed by atoms with Gasteiger partial charge in [-0.05, 0) is 37.1 Å². The van der Waals surface area contributed by atoms with E-state index in [1.165, 1.54) is 11.8 Å². The number of benzene rings is 1. The molecule has 13 nitrogen and oxygen atoms in total. The van der Waals surface area contributed by atoms with Crippen LogP contribution in [0.2, 0.25) is 0 Å². The van der Waals surface area contributed by atoms with Gasteiger partial charge in [0.2, 0.25) is 11.9 Å². The van der Waals surface area contributed by atoms with Crippen LogP contribution in [0.15, 0.2) is 34.2 Å². The van der Waals surface area contributed by atoms with Crippen LogP contribution in [0.25, 0.3) is 11.2 Å². The largest absolute Gasteiger partial charge is 0.386 e. The molecule has 5 atom stereocenters. The average molecular weight is 564 g/mol. The van der Waals surface area contributed by atoms with E-state index in [1.54, 1.807) is 4.57 Å². The van der Waals surface area contributed by atoms with Gasteiger partial charge in [-0.2, -0.15) is 4.98 Å². The molecule has 1 amide bonds. The first-order chi connectivity index (χ1) is 18.3. The van der Waals surface area contributed by atoms with E-state index < -0.39 is 30.1 Å². The van der Waals surface area contributed by atoms with Crippen molar-refractivity contribution < 1.29 is 23.7 Å². The topological polar surface area (TPSA) is 170 Å². The Kier molecular flexibility index (Phi) is 8.17. The first-order valence-corrected chi connectivity index (χ1v) is 14.0. The van der Waals surface area contributed by atoms with Crippen LogP contribution in [0, 0.1) is 0 Å². The van der Waals surface area contributed by atoms with Crippen molar-refractivity contribution in [1.82, 2.24) is 19.5 Å². The van der Waals surface area contributed by atoms with Crippen molar-refractivity contribution in [3.05, 3.63) is 34.6 Å². The molecule has 5 rings (SSSR count). The number of nitrogens with one attached hydrogen (secondary N) is 2. The second kappa shape index (κ2) is 11.6. The van der Waals surface area contributed by atoms with Gasteiger partial charge in [-0.25, -0.2) is 4.98 Å². The van der Waals surface area contributed by atoms with Crippen LogP contribution in [-0.4, -0.2) is 75.3 Å². The summed E-state index contributed by atoms with van der Waals surface area (Å²) in [5.74, 6) is 0.505. The number of thioether (sulfide) groups is 1. The van der Waals surface area contributed by atoms with Crippen LogP contribution >= 0.6 is 20.8 Å². The van der Waals surface area contributed by atoms with Crippen LogP contribution in [0.3, 0.4) is 0 Å². The molecule has 3 aromatic rings. The predicted octanol–water partition coefficient (Wildman–Crippen LogP) is 1.85. The zero-order valence-electron chi connectivity index (χ0n) is 20.9. The number of ether oxygens (including phenoxy) is 1. The van der Waals surface area contributed by atoms with Gasteiger partial charge in [0.1, 0.15) is 18.3 Å². The normalized spacial score (nSPS) is 23.6. The quantitative estimate of drug-likeness (QED) is 0.170. The number of nitrogens with two attached hydrogens (primary N) is 1. The molecule has 0 saturated carbocycles. The second-order valence-electron chi connectivity index (χ2n) is 9.22. The standard InChI is InChI=1S/C23H30N7O6PS/c1-29(2)13-8-6-12(7-9-13)25-15(31)5-3-4-10-38-23-26-16-19(27-22(24)28-20(16)33)30(23)21-17(32)18-14(35-21)11-34-37-36-18/h6-9,14,17-18,21,32,37H,3-5,10-11H2,1-2H3,(H,25,31)(H3,24,27,28,33). The van der Waals surface area contributed by atoms with E-state index in [1.807, 2.05) is 43.3 Å². The predicted molar refractivity (Wildman–Crippen MR) is 146 cm³/mol. The molecular formula is C23H30N7O6PS. The third kappa shape index (κ3) is 5.65. The number of rotatable bonds is 9. The highest BCUT2D eigenvalue weighted by atomic mass is 32.2. The zero-order valence-corrected chi connectivity index (χ0v) is 22.7. The Bertz CT molecular complexity index is 1350. The summed E-state index contributed by atoms with van der Waals surface area (Å²) >= 11 is 1.39. The molecule has 0 radical (unpaired) electrons. The van der Waals surface area contributed by atoms with E-state index >= 15 is 0 Å². The number of aromatic amines is 1. The first kappa shape index (κ1) is 26.9. The van der Waals surface area contributed by atoms with E-state index in [9.17, 15) is 14.7 Å². The fourth-order valence-electron chi connectivity index (χ4n) is 4.35. The number of aliphatic hydroxyl groups is 1. The van der Waals surface area contributed by atoms with Gasteiger partial charge in [0.25, 0.3) is 5.56 Å². The minimum atomic E-state index is -1.01. The monoisotopic (exact) mass is 563 g/mol. The van der Waals surface area contributed by atoms with Crippen molar-refractivity contribution in [3.63, 3.8) is 0 Å². The lowest BCUT2D eigenvalue weighted by Crippen LogP contribution is -2.37. The number of nitrogens with zero attached hydrogens (tertiary/aromatic N) is 4. The lowest BCUT2D eigenvalue weighted by molar-refractivity contribution is -0.116.